The summed E-state index contributed by atoms with van der Waals surface area (Å²) in [5, 5.41) is 2.11. The molecule has 0 fully saturated rings. The number of hydrogen-bond donors (Lipinski definition) is 1. The van der Waals surface area contributed by atoms with Gasteiger partial charge < -0.3 is 4.98 Å². The third-order valence-electron chi connectivity index (χ3n) is 2.00. The second kappa shape index (κ2) is 2.72. The molecule has 0 saturated carbocycles. The Morgan fingerprint density at radius 3 is 2.92 bits per heavy atom. The molecule has 3 rings (SSSR count). The molecular formula is C10H7NS2. The second-order valence-corrected chi connectivity index (χ2v) is 4.88. The van der Waals surface area contributed by atoms with Crippen LogP contribution in [0.1, 0.15) is 0 Å². The fourth-order valence-electron chi connectivity index (χ4n) is 1.39. The first-order valence-electron chi connectivity index (χ1n) is 4.04. The molecule has 0 saturated heterocycles. The van der Waals surface area contributed by atoms with Gasteiger partial charge in [-0.05, 0) is 23.6 Å². The molecular weight excluding hydrogens is 198 g/mol. The first-order chi connectivity index (χ1) is 6.43. The van der Waals surface area contributed by atoms with Crippen molar-refractivity contribution in [2.45, 2.75) is 0 Å². The van der Waals surface area contributed by atoms with Gasteiger partial charge in [0, 0.05) is 16.0 Å². The summed E-state index contributed by atoms with van der Waals surface area (Å²) < 4.78 is 1.34. The van der Waals surface area contributed by atoms with E-state index in [0.717, 1.165) is 0 Å². The summed E-state index contributed by atoms with van der Waals surface area (Å²) in [5.41, 5.74) is 1.24. The lowest BCUT2D eigenvalue weighted by Gasteiger charge is -1.86. The van der Waals surface area contributed by atoms with Crippen LogP contribution >= 0.6 is 22.7 Å². The van der Waals surface area contributed by atoms with Crippen molar-refractivity contribution in [3.8, 4) is 9.75 Å². The van der Waals surface area contributed by atoms with Crippen molar-refractivity contribution in [1.82, 2.24) is 4.98 Å². The number of H-pyrrole nitrogens is 1. The minimum Gasteiger partial charge on any atom is -0.360 e. The van der Waals surface area contributed by atoms with Crippen LogP contribution in [0.25, 0.3) is 20.0 Å². The molecule has 0 radical (unpaired) electrons. The summed E-state index contributed by atoms with van der Waals surface area (Å²) in [6, 6.07) is 8.59. The average molecular weight is 205 g/mol. The highest BCUT2D eigenvalue weighted by Crippen LogP contribution is 2.34. The summed E-state index contributed by atoms with van der Waals surface area (Å²) in [6.45, 7) is 0. The quantitative estimate of drug-likeness (QED) is 0.619. The van der Waals surface area contributed by atoms with Gasteiger partial charge >= 0.3 is 0 Å². The Morgan fingerprint density at radius 1 is 1.15 bits per heavy atom. The van der Waals surface area contributed by atoms with E-state index in [0.29, 0.717) is 0 Å². The zero-order valence-corrected chi connectivity index (χ0v) is 8.41. The highest BCUT2D eigenvalue weighted by molar-refractivity contribution is 7.25. The third-order valence-corrected chi connectivity index (χ3v) is 4.16. The molecule has 1 nitrogen and oxygen atoms in total. The highest BCUT2D eigenvalue weighted by Gasteiger charge is 2.04. The second-order valence-electron chi connectivity index (χ2n) is 2.84. The van der Waals surface area contributed by atoms with Gasteiger partial charge in [0.15, 0.2) is 0 Å². The maximum Gasteiger partial charge on any atom is 0.0570 e. The van der Waals surface area contributed by atoms with E-state index in [1.807, 2.05) is 17.5 Å². The molecule has 3 heterocycles. The van der Waals surface area contributed by atoms with E-state index in [9.17, 15) is 0 Å². The molecule has 0 bridgehead atoms. The molecule has 0 aliphatic heterocycles. The first-order valence-corrected chi connectivity index (χ1v) is 5.74. The largest absolute Gasteiger partial charge is 0.360 e. The van der Waals surface area contributed by atoms with Gasteiger partial charge in [-0.2, -0.15) is 0 Å². The molecule has 3 aromatic rings. The SMILES string of the molecule is c1csc(-c2cc3[nH]ccc3s2)c1. The lowest BCUT2D eigenvalue weighted by Crippen LogP contribution is -1.59. The fraction of sp³-hybridized carbons (Fsp3) is 0. The Bertz CT molecular complexity index is 487. The van der Waals surface area contributed by atoms with Gasteiger partial charge in [-0.15, -0.1) is 22.7 Å². The van der Waals surface area contributed by atoms with Crippen molar-refractivity contribution in [1.29, 1.82) is 0 Å². The number of hydrogen-bond acceptors (Lipinski definition) is 2. The highest BCUT2D eigenvalue weighted by atomic mass is 32.1. The first kappa shape index (κ1) is 7.35. The summed E-state index contributed by atoms with van der Waals surface area (Å²) >= 11 is 3.63. The Balaban J connectivity index is 2.23. The Morgan fingerprint density at radius 2 is 2.15 bits per heavy atom. The number of nitrogens with one attached hydrogen (secondary N) is 1. The average Bonchev–Trinajstić information content (AvgIpc) is 2.78. The van der Waals surface area contributed by atoms with Crippen LogP contribution in [-0.2, 0) is 0 Å². The normalized spacial score (nSPS) is 11.1. The van der Waals surface area contributed by atoms with Crippen LogP contribution in [0.3, 0.4) is 0 Å². The van der Waals surface area contributed by atoms with Crippen molar-refractivity contribution in [2.75, 3.05) is 0 Å². The van der Waals surface area contributed by atoms with E-state index in [1.54, 1.807) is 11.3 Å². The van der Waals surface area contributed by atoms with E-state index < -0.39 is 0 Å². The van der Waals surface area contributed by atoms with Crippen molar-refractivity contribution in [2.24, 2.45) is 0 Å². The van der Waals surface area contributed by atoms with Crippen LogP contribution in [0.15, 0.2) is 35.8 Å². The number of aromatic nitrogens is 1. The van der Waals surface area contributed by atoms with Crippen molar-refractivity contribution >= 4 is 32.9 Å². The van der Waals surface area contributed by atoms with Gasteiger partial charge in [0.05, 0.1) is 10.2 Å². The predicted molar refractivity (Wildman–Crippen MR) is 59.5 cm³/mol. The van der Waals surface area contributed by atoms with Gasteiger partial charge in [0.1, 0.15) is 0 Å². The van der Waals surface area contributed by atoms with Crippen LogP contribution in [0, 0.1) is 0 Å². The van der Waals surface area contributed by atoms with E-state index in [1.165, 1.54) is 20.0 Å². The molecule has 0 spiro atoms. The number of aromatic amines is 1. The van der Waals surface area contributed by atoms with E-state index in [2.05, 4.69) is 34.6 Å². The monoisotopic (exact) mass is 205 g/mol. The smallest absolute Gasteiger partial charge is 0.0570 e. The lowest BCUT2D eigenvalue weighted by atomic mass is 10.4. The number of rotatable bonds is 1. The maximum atomic E-state index is 3.22. The Hall–Kier alpha value is -1.06. The summed E-state index contributed by atoms with van der Waals surface area (Å²) in [7, 11) is 0. The predicted octanol–water partition coefficient (Wildman–Crippen LogP) is 3.96. The van der Waals surface area contributed by atoms with Crippen molar-refractivity contribution in [3.63, 3.8) is 0 Å². The molecule has 0 unspecified atom stereocenters. The van der Waals surface area contributed by atoms with Gasteiger partial charge in [0.25, 0.3) is 0 Å². The Kier molecular flexibility index (Phi) is 1.54. The third kappa shape index (κ3) is 1.12. The van der Waals surface area contributed by atoms with Crippen LogP contribution < -0.4 is 0 Å². The number of fused-ring (bicyclic) bond motifs is 1. The van der Waals surface area contributed by atoms with Crippen LogP contribution in [0.5, 0.6) is 0 Å². The van der Waals surface area contributed by atoms with Gasteiger partial charge in [-0.3, -0.25) is 0 Å². The van der Waals surface area contributed by atoms with Crippen LogP contribution in [0.4, 0.5) is 0 Å². The molecule has 1 N–H and O–H groups in total. The van der Waals surface area contributed by atoms with Crippen LogP contribution in [-0.4, -0.2) is 4.98 Å². The lowest BCUT2D eigenvalue weighted by molar-refractivity contribution is 1.48. The Labute approximate surface area is 83.7 Å². The molecule has 0 aliphatic rings. The molecule has 0 atom stereocenters. The van der Waals surface area contributed by atoms with Crippen molar-refractivity contribution < 1.29 is 0 Å². The molecule has 13 heavy (non-hydrogen) atoms. The summed E-state index contributed by atoms with van der Waals surface area (Å²) in [5.74, 6) is 0. The van der Waals surface area contributed by atoms with E-state index in [-0.39, 0.29) is 0 Å². The molecule has 0 aromatic carbocycles. The molecule has 3 heteroatoms. The zero-order valence-electron chi connectivity index (χ0n) is 6.78. The number of thiophene rings is 2. The minimum absolute atomic E-state index is 1.24. The zero-order chi connectivity index (χ0) is 8.67. The summed E-state index contributed by atoms with van der Waals surface area (Å²) in [6.07, 6.45) is 1.99. The fourth-order valence-corrected chi connectivity index (χ4v) is 3.24. The molecule has 64 valence electrons. The maximum absolute atomic E-state index is 3.22. The van der Waals surface area contributed by atoms with E-state index >= 15 is 0 Å². The standard InChI is InChI=1S/C10H7NS2/c1-2-9(12-5-1)10-6-7-8(13-10)3-4-11-7/h1-6,11H. The van der Waals surface area contributed by atoms with Gasteiger partial charge in [-0.25, -0.2) is 0 Å². The summed E-state index contributed by atoms with van der Waals surface area (Å²) in [4.78, 5) is 5.93. The minimum atomic E-state index is 1.24. The molecule has 0 amide bonds. The molecule has 3 aromatic heterocycles. The topological polar surface area (TPSA) is 15.8 Å². The van der Waals surface area contributed by atoms with Crippen LogP contribution in [0.2, 0.25) is 0 Å². The van der Waals surface area contributed by atoms with E-state index in [4.69, 9.17) is 0 Å². The van der Waals surface area contributed by atoms with Gasteiger partial charge in [-0.1, -0.05) is 6.07 Å². The van der Waals surface area contributed by atoms with Gasteiger partial charge in [0.2, 0.25) is 0 Å². The molecule has 0 aliphatic carbocycles. The van der Waals surface area contributed by atoms with Crippen molar-refractivity contribution in [3.05, 3.63) is 35.8 Å².